The summed E-state index contributed by atoms with van der Waals surface area (Å²) in [5, 5.41) is 2.73. The minimum atomic E-state index is -0.431. The molecule has 0 heterocycles. The van der Waals surface area contributed by atoms with Crippen molar-refractivity contribution in [1.82, 2.24) is 15.8 Å². The summed E-state index contributed by atoms with van der Waals surface area (Å²) in [7, 11) is 3.20. The molecule has 2 aromatic carbocycles. The highest BCUT2D eigenvalue weighted by Crippen LogP contribution is 2.14. The van der Waals surface area contributed by atoms with E-state index in [0.717, 1.165) is 0 Å². The zero-order chi connectivity index (χ0) is 19.6. The van der Waals surface area contributed by atoms with Crippen LogP contribution in [-0.2, 0) is 9.59 Å². The first-order chi connectivity index (χ1) is 13.0. The van der Waals surface area contributed by atoms with E-state index in [1.165, 1.54) is 4.90 Å². The molecule has 3 N–H and O–H groups in total. The van der Waals surface area contributed by atoms with E-state index in [4.69, 9.17) is 4.74 Å². The molecule has 0 radical (unpaired) electrons. The van der Waals surface area contributed by atoms with Gasteiger partial charge >= 0.3 is 0 Å². The summed E-state index contributed by atoms with van der Waals surface area (Å²) in [6, 6.07) is 15.4. The Hall–Kier alpha value is -3.39. The highest BCUT2D eigenvalue weighted by molar-refractivity contribution is 5.95. The van der Waals surface area contributed by atoms with E-state index in [1.54, 1.807) is 68.8 Å². The number of likely N-dealkylation sites (N-methyl/N-ethyl adjacent to an activating group) is 1. The minimum Gasteiger partial charge on any atom is -0.497 e. The fraction of sp³-hybridized carbons (Fsp3) is 0.211. The largest absolute Gasteiger partial charge is 0.497 e. The Morgan fingerprint density at radius 3 is 2.15 bits per heavy atom. The number of hydrazine groups is 1. The molecule has 27 heavy (non-hydrogen) atoms. The van der Waals surface area contributed by atoms with Crippen LogP contribution in [0.25, 0.3) is 0 Å². The second-order valence-electron chi connectivity index (χ2n) is 5.82. The highest BCUT2D eigenvalue weighted by Gasteiger charge is 2.12. The van der Waals surface area contributed by atoms with Crippen LogP contribution in [0, 0.1) is 0 Å². The number of carbonyl (C=O) groups is 3. The van der Waals surface area contributed by atoms with E-state index in [9.17, 15) is 14.4 Å². The maximum atomic E-state index is 12.0. The van der Waals surface area contributed by atoms with Crippen LogP contribution in [0.2, 0.25) is 0 Å². The summed E-state index contributed by atoms with van der Waals surface area (Å²) in [4.78, 5) is 37.3. The average molecular weight is 370 g/mol. The van der Waals surface area contributed by atoms with Gasteiger partial charge in [-0.25, -0.2) is 0 Å². The summed E-state index contributed by atoms with van der Waals surface area (Å²) in [6.45, 7) is -0.0306. The maximum Gasteiger partial charge on any atom is 0.269 e. The average Bonchev–Trinajstić information content (AvgIpc) is 2.67. The Morgan fingerprint density at radius 1 is 0.889 bits per heavy atom. The molecule has 0 aromatic heterocycles. The molecule has 2 aromatic rings. The fourth-order valence-electron chi connectivity index (χ4n) is 2.25. The lowest BCUT2D eigenvalue weighted by Crippen LogP contribution is -2.46. The quantitative estimate of drug-likeness (QED) is 0.632. The van der Waals surface area contributed by atoms with Crippen LogP contribution < -0.4 is 20.9 Å². The summed E-state index contributed by atoms with van der Waals surface area (Å²) >= 11 is 0. The predicted molar refractivity (Wildman–Crippen MR) is 101 cm³/mol. The first-order valence-electron chi connectivity index (χ1n) is 8.24. The monoisotopic (exact) mass is 370 g/mol. The Morgan fingerprint density at radius 2 is 1.52 bits per heavy atom. The van der Waals surface area contributed by atoms with E-state index in [2.05, 4.69) is 16.2 Å². The van der Waals surface area contributed by atoms with Gasteiger partial charge in [-0.1, -0.05) is 18.2 Å². The van der Waals surface area contributed by atoms with Gasteiger partial charge in [-0.3, -0.25) is 30.1 Å². The summed E-state index contributed by atoms with van der Waals surface area (Å²) in [5.74, 6) is -0.411. The minimum absolute atomic E-state index is 0.0199. The van der Waals surface area contributed by atoms with Crippen LogP contribution >= 0.6 is 0 Å². The van der Waals surface area contributed by atoms with Gasteiger partial charge in [-0.2, -0.15) is 0 Å². The molecule has 8 heteroatoms. The van der Waals surface area contributed by atoms with E-state index in [0.29, 0.717) is 17.0 Å². The van der Waals surface area contributed by atoms with Crippen molar-refractivity contribution in [2.24, 2.45) is 0 Å². The van der Waals surface area contributed by atoms with Crippen LogP contribution in [0.1, 0.15) is 10.4 Å². The van der Waals surface area contributed by atoms with Crippen molar-refractivity contribution >= 4 is 23.4 Å². The molecule has 142 valence electrons. The van der Waals surface area contributed by atoms with E-state index < -0.39 is 11.8 Å². The molecule has 0 atom stereocenters. The highest BCUT2D eigenvalue weighted by atomic mass is 16.5. The van der Waals surface area contributed by atoms with Gasteiger partial charge in [-0.05, 0) is 43.4 Å². The zero-order valence-corrected chi connectivity index (χ0v) is 15.2. The first-order valence-corrected chi connectivity index (χ1v) is 8.24. The van der Waals surface area contributed by atoms with Crippen molar-refractivity contribution in [3.8, 4) is 5.75 Å². The fourth-order valence-corrected chi connectivity index (χ4v) is 2.25. The summed E-state index contributed by atoms with van der Waals surface area (Å²) in [6.07, 6.45) is 0. The number of carbonyl (C=O) groups excluding carboxylic acids is 3. The molecule has 0 aliphatic carbocycles. The van der Waals surface area contributed by atoms with E-state index in [1.807, 2.05) is 0 Å². The Kier molecular flexibility index (Phi) is 7.33. The number of anilines is 1. The molecule has 3 amide bonds. The second-order valence-corrected chi connectivity index (χ2v) is 5.82. The Balaban J connectivity index is 1.72. The van der Waals surface area contributed by atoms with Crippen LogP contribution in [0.5, 0.6) is 5.75 Å². The van der Waals surface area contributed by atoms with Crippen LogP contribution in [0.3, 0.4) is 0 Å². The van der Waals surface area contributed by atoms with Gasteiger partial charge in [0.15, 0.2) is 0 Å². The third kappa shape index (κ3) is 6.79. The van der Waals surface area contributed by atoms with Gasteiger partial charge in [-0.15, -0.1) is 0 Å². The molecule has 0 spiro atoms. The molecule has 0 fully saturated rings. The number of rotatable bonds is 7. The lowest BCUT2D eigenvalue weighted by Gasteiger charge is -2.16. The normalized spacial score (nSPS) is 10.2. The van der Waals surface area contributed by atoms with Crippen molar-refractivity contribution < 1.29 is 19.1 Å². The number of ether oxygens (including phenoxy) is 1. The van der Waals surface area contributed by atoms with Crippen molar-refractivity contribution in [2.45, 2.75) is 0 Å². The Labute approximate surface area is 157 Å². The third-order valence-corrected chi connectivity index (χ3v) is 3.55. The van der Waals surface area contributed by atoms with Crippen LogP contribution in [-0.4, -0.2) is 49.9 Å². The lowest BCUT2D eigenvalue weighted by atomic mass is 10.2. The topological polar surface area (TPSA) is 99.8 Å². The summed E-state index contributed by atoms with van der Waals surface area (Å²) in [5.41, 5.74) is 5.72. The molecule has 0 aliphatic heterocycles. The SMILES string of the molecule is COc1ccc(NC(=O)CN(C)CC(=O)NNC(=O)c2ccccc2)cc1. The van der Waals surface area contributed by atoms with Crippen molar-refractivity contribution in [2.75, 3.05) is 32.6 Å². The standard InChI is InChI=1S/C19H22N4O4/c1-23(12-17(24)20-15-8-10-16(27-2)11-9-15)13-18(25)21-22-19(26)14-6-4-3-5-7-14/h3-11H,12-13H2,1-2H3,(H,20,24)(H,21,25)(H,22,26). The number of benzene rings is 2. The van der Waals surface area contributed by atoms with Crippen molar-refractivity contribution in [3.05, 3.63) is 60.2 Å². The number of amides is 3. The molecular weight excluding hydrogens is 348 g/mol. The molecule has 0 unspecified atom stereocenters. The van der Waals surface area contributed by atoms with Crippen molar-refractivity contribution in [3.63, 3.8) is 0 Å². The van der Waals surface area contributed by atoms with Gasteiger partial charge < -0.3 is 10.1 Å². The third-order valence-electron chi connectivity index (χ3n) is 3.55. The van der Waals surface area contributed by atoms with Crippen molar-refractivity contribution in [1.29, 1.82) is 0 Å². The number of hydrogen-bond donors (Lipinski definition) is 3. The van der Waals surface area contributed by atoms with E-state index >= 15 is 0 Å². The number of nitrogens with zero attached hydrogens (tertiary/aromatic N) is 1. The molecule has 0 saturated heterocycles. The molecule has 8 nitrogen and oxygen atoms in total. The molecule has 0 aliphatic rings. The van der Waals surface area contributed by atoms with Gasteiger partial charge in [0.1, 0.15) is 5.75 Å². The predicted octanol–water partition coefficient (Wildman–Crippen LogP) is 1.03. The number of hydrogen-bond acceptors (Lipinski definition) is 5. The van der Waals surface area contributed by atoms with Crippen LogP contribution in [0.15, 0.2) is 54.6 Å². The van der Waals surface area contributed by atoms with Gasteiger partial charge in [0.2, 0.25) is 5.91 Å². The molecule has 2 rings (SSSR count). The first kappa shape index (κ1) is 19.9. The Bertz CT molecular complexity index is 778. The second kappa shape index (κ2) is 9.93. The summed E-state index contributed by atoms with van der Waals surface area (Å²) < 4.78 is 5.06. The lowest BCUT2D eigenvalue weighted by molar-refractivity contribution is -0.123. The molecule has 0 bridgehead atoms. The van der Waals surface area contributed by atoms with Gasteiger partial charge in [0.05, 0.1) is 20.2 Å². The molecular formula is C19H22N4O4. The van der Waals surface area contributed by atoms with Crippen LogP contribution in [0.4, 0.5) is 5.69 Å². The van der Waals surface area contributed by atoms with Gasteiger partial charge in [0, 0.05) is 11.3 Å². The smallest absolute Gasteiger partial charge is 0.269 e. The molecule has 0 saturated carbocycles. The maximum absolute atomic E-state index is 12.0. The number of methoxy groups -OCH3 is 1. The number of nitrogens with one attached hydrogen (secondary N) is 3. The van der Waals surface area contributed by atoms with Gasteiger partial charge in [0.25, 0.3) is 11.8 Å². The van der Waals surface area contributed by atoms with E-state index in [-0.39, 0.29) is 19.0 Å². The zero-order valence-electron chi connectivity index (χ0n) is 15.2.